The zero-order chi connectivity index (χ0) is 13.8. The molecule has 0 aliphatic rings. The van der Waals surface area contributed by atoms with Crippen LogP contribution in [-0.4, -0.2) is 15.7 Å². The molecule has 5 heteroatoms. The number of rotatable bonds is 4. The van der Waals surface area contributed by atoms with Gasteiger partial charge in [-0.3, -0.25) is 9.00 Å². The molecule has 2 aromatic carbocycles. The first-order chi connectivity index (χ1) is 9.08. The van der Waals surface area contributed by atoms with Gasteiger partial charge in [-0.2, -0.15) is 0 Å². The first kappa shape index (κ1) is 14.4. The van der Waals surface area contributed by atoms with E-state index in [0.29, 0.717) is 15.5 Å². The molecule has 0 bridgehead atoms. The molecule has 0 saturated carbocycles. The molecular formula is C14H10BrClO2S. The summed E-state index contributed by atoms with van der Waals surface area (Å²) in [6.45, 7) is 0. The van der Waals surface area contributed by atoms with E-state index in [4.69, 9.17) is 11.6 Å². The fourth-order valence-corrected chi connectivity index (χ4v) is 3.66. The molecule has 0 radical (unpaired) electrons. The van der Waals surface area contributed by atoms with E-state index in [2.05, 4.69) is 15.9 Å². The van der Waals surface area contributed by atoms with Gasteiger partial charge in [-0.1, -0.05) is 35.9 Å². The lowest BCUT2D eigenvalue weighted by Crippen LogP contribution is -2.11. The summed E-state index contributed by atoms with van der Waals surface area (Å²) in [4.78, 5) is 12.6. The van der Waals surface area contributed by atoms with Crippen molar-refractivity contribution in [3.05, 3.63) is 63.6 Å². The third-order valence-corrected chi connectivity index (χ3v) is 5.05. The molecule has 2 rings (SSSR count). The van der Waals surface area contributed by atoms with Crippen molar-refractivity contribution in [1.82, 2.24) is 0 Å². The van der Waals surface area contributed by atoms with Crippen LogP contribution >= 0.6 is 27.5 Å². The van der Waals surface area contributed by atoms with Crippen LogP contribution in [0, 0.1) is 0 Å². The Morgan fingerprint density at radius 1 is 1.16 bits per heavy atom. The Hall–Kier alpha value is -0.970. The second kappa shape index (κ2) is 6.46. The van der Waals surface area contributed by atoms with Crippen LogP contribution in [0.25, 0.3) is 0 Å². The lowest BCUT2D eigenvalue weighted by molar-refractivity contribution is 0.102. The number of Topliss-reactive ketones (excluding diaryl/α,β-unsaturated/α-hetero) is 1. The molecule has 2 nitrogen and oxygen atoms in total. The summed E-state index contributed by atoms with van der Waals surface area (Å²) in [6, 6.07) is 13.8. The van der Waals surface area contributed by atoms with Crippen molar-refractivity contribution >= 4 is 44.1 Å². The second-order valence-electron chi connectivity index (χ2n) is 3.85. The highest BCUT2D eigenvalue weighted by molar-refractivity contribution is 9.10. The van der Waals surface area contributed by atoms with E-state index in [1.807, 2.05) is 6.07 Å². The van der Waals surface area contributed by atoms with E-state index in [0.717, 1.165) is 4.47 Å². The van der Waals surface area contributed by atoms with E-state index in [1.54, 1.807) is 42.5 Å². The van der Waals surface area contributed by atoms with Crippen LogP contribution in [0.4, 0.5) is 0 Å². The highest BCUT2D eigenvalue weighted by atomic mass is 79.9. The minimum absolute atomic E-state index is 0.0526. The van der Waals surface area contributed by atoms with E-state index in [1.165, 1.54) is 0 Å². The highest BCUT2D eigenvalue weighted by Gasteiger charge is 2.14. The lowest BCUT2D eigenvalue weighted by Gasteiger charge is -2.04. The Kier molecular flexibility index (Phi) is 4.91. The first-order valence-corrected chi connectivity index (χ1v) is 7.98. The molecule has 0 aromatic heterocycles. The Morgan fingerprint density at radius 2 is 1.89 bits per heavy atom. The summed E-state index contributed by atoms with van der Waals surface area (Å²) < 4.78 is 12.9. The number of carbonyl (C=O) groups excluding carboxylic acids is 1. The van der Waals surface area contributed by atoms with Crippen LogP contribution in [-0.2, 0) is 10.8 Å². The van der Waals surface area contributed by atoms with Crippen molar-refractivity contribution in [2.75, 3.05) is 5.75 Å². The largest absolute Gasteiger partial charge is 0.293 e. The number of ketones is 1. The minimum atomic E-state index is -1.37. The van der Waals surface area contributed by atoms with Crippen molar-refractivity contribution in [1.29, 1.82) is 0 Å². The Balaban J connectivity index is 2.16. The van der Waals surface area contributed by atoms with Crippen molar-refractivity contribution in [3.8, 4) is 0 Å². The molecule has 1 unspecified atom stereocenters. The molecule has 0 aliphatic carbocycles. The zero-order valence-electron chi connectivity index (χ0n) is 9.81. The van der Waals surface area contributed by atoms with Crippen LogP contribution in [0.1, 0.15) is 10.4 Å². The Bertz CT molecular complexity index is 643. The van der Waals surface area contributed by atoms with Crippen molar-refractivity contribution < 1.29 is 9.00 Å². The van der Waals surface area contributed by atoms with Gasteiger partial charge < -0.3 is 0 Å². The van der Waals surface area contributed by atoms with Gasteiger partial charge in [0.2, 0.25) is 0 Å². The molecule has 98 valence electrons. The van der Waals surface area contributed by atoms with Crippen LogP contribution < -0.4 is 0 Å². The Labute approximate surface area is 127 Å². The zero-order valence-corrected chi connectivity index (χ0v) is 13.0. The standard InChI is InChI=1S/C14H10BrClO2S/c15-12-6-1-2-7-14(12)19(18)9-13(17)10-4-3-5-11(16)8-10/h1-8H,9H2. The van der Waals surface area contributed by atoms with Gasteiger partial charge in [0.25, 0.3) is 0 Å². The van der Waals surface area contributed by atoms with Crippen molar-refractivity contribution in [2.24, 2.45) is 0 Å². The van der Waals surface area contributed by atoms with Gasteiger partial charge in [0.05, 0.1) is 21.4 Å². The van der Waals surface area contributed by atoms with Gasteiger partial charge in [0, 0.05) is 15.1 Å². The van der Waals surface area contributed by atoms with Crippen molar-refractivity contribution in [2.45, 2.75) is 4.90 Å². The maximum atomic E-state index is 12.2. The predicted octanol–water partition coefficient (Wildman–Crippen LogP) is 4.09. The normalized spacial score (nSPS) is 12.1. The topological polar surface area (TPSA) is 34.1 Å². The number of carbonyl (C=O) groups is 1. The molecule has 2 aromatic rings. The smallest absolute Gasteiger partial charge is 0.175 e. The molecule has 0 N–H and O–H groups in total. The van der Waals surface area contributed by atoms with E-state index in [9.17, 15) is 9.00 Å². The average molecular weight is 358 g/mol. The average Bonchev–Trinajstić information content (AvgIpc) is 2.39. The molecule has 0 aliphatic heterocycles. The number of hydrogen-bond donors (Lipinski definition) is 0. The summed E-state index contributed by atoms with van der Waals surface area (Å²) in [6.07, 6.45) is 0. The maximum Gasteiger partial charge on any atom is 0.175 e. The SMILES string of the molecule is O=C(CS(=O)c1ccccc1Br)c1cccc(Cl)c1. The second-order valence-corrected chi connectivity index (χ2v) is 6.56. The van der Waals surface area contributed by atoms with Gasteiger partial charge in [-0.05, 0) is 40.2 Å². The van der Waals surface area contributed by atoms with E-state index in [-0.39, 0.29) is 11.5 Å². The molecule has 1 atom stereocenters. The summed E-state index contributed by atoms with van der Waals surface area (Å²) in [5.41, 5.74) is 0.480. The van der Waals surface area contributed by atoms with Gasteiger partial charge >= 0.3 is 0 Å². The van der Waals surface area contributed by atoms with Gasteiger partial charge in [-0.15, -0.1) is 0 Å². The van der Waals surface area contributed by atoms with Gasteiger partial charge in [0.1, 0.15) is 0 Å². The number of hydrogen-bond acceptors (Lipinski definition) is 2. The number of halogens is 2. The molecule has 0 amide bonds. The highest BCUT2D eigenvalue weighted by Crippen LogP contribution is 2.20. The molecule has 0 heterocycles. The summed E-state index contributed by atoms with van der Waals surface area (Å²) in [5.74, 6) is -0.236. The van der Waals surface area contributed by atoms with Crippen LogP contribution in [0.2, 0.25) is 5.02 Å². The Morgan fingerprint density at radius 3 is 2.58 bits per heavy atom. The third kappa shape index (κ3) is 3.75. The van der Waals surface area contributed by atoms with Crippen LogP contribution in [0.5, 0.6) is 0 Å². The van der Waals surface area contributed by atoms with Crippen LogP contribution in [0.15, 0.2) is 57.9 Å². The predicted molar refractivity (Wildman–Crippen MR) is 81.2 cm³/mol. The molecule has 0 saturated heterocycles. The lowest BCUT2D eigenvalue weighted by atomic mass is 10.1. The van der Waals surface area contributed by atoms with Gasteiger partial charge in [-0.25, -0.2) is 0 Å². The molecule has 0 spiro atoms. The quantitative estimate of drug-likeness (QED) is 0.772. The van der Waals surface area contributed by atoms with Crippen molar-refractivity contribution in [3.63, 3.8) is 0 Å². The fraction of sp³-hybridized carbons (Fsp3) is 0.0714. The van der Waals surface area contributed by atoms with Crippen LogP contribution in [0.3, 0.4) is 0 Å². The maximum absolute atomic E-state index is 12.2. The minimum Gasteiger partial charge on any atom is -0.293 e. The molecular weight excluding hydrogens is 348 g/mol. The monoisotopic (exact) mass is 356 g/mol. The van der Waals surface area contributed by atoms with Gasteiger partial charge in [0.15, 0.2) is 5.78 Å². The summed E-state index contributed by atoms with van der Waals surface area (Å²) >= 11 is 9.16. The van der Waals surface area contributed by atoms with E-state index < -0.39 is 10.8 Å². The molecule has 0 fully saturated rings. The molecule has 19 heavy (non-hydrogen) atoms. The number of benzene rings is 2. The summed E-state index contributed by atoms with van der Waals surface area (Å²) in [7, 11) is -1.37. The first-order valence-electron chi connectivity index (χ1n) is 5.49. The van der Waals surface area contributed by atoms with E-state index >= 15 is 0 Å². The fourth-order valence-electron chi connectivity index (χ4n) is 1.57. The summed E-state index contributed by atoms with van der Waals surface area (Å²) in [5, 5.41) is 0.498. The third-order valence-electron chi connectivity index (χ3n) is 2.49.